The fourth-order valence-corrected chi connectivity index (χ4v) is 4.78. The molecule has 0 aromatic rings. The van der Waals surface area contributed by atoms with Gasteiger partial charge in [0.2, 0.25) is 0 Å². The summed E-state index contributed by atoms with van der Waals surface area (Å²) in [7, 11) is 0. The molecule has 0 aliphatic heterocycles. The molecule has 0 aromatic heterocycles. The Morgan fingerprint density at radius 2 is 2.00 bits per heavy atom. The Hall–Kier alpha value is -0.340. The fraction of sp³-hybridized carbons (Fsp3) is 0.867. The van der Waals surface area contributed by atoms with Gasteiger partial charge in [0.25, 0.3) is 0 Å². The topological polar surface area (TPSA) is 40.5 Å². The Kier molecular flexibility index (Phi) is 2.32. The minimum Gasteiger partial charge on any atom is -0.396 e. The second-order valence-corrected chi connectivity index (χ2v) is 7.20. The van der Waals surface area contributed by atoms with E-state index in [0.717, 1.165) is 6.42 Å². The normalized spacial score (nSPS) is 53.1. The predicted octanol–water partition coefficient (Wildman–Crippen LogP) is 2.50. The molecule has 0 aromatic carbocycles. The first-order valence-electron chi connectivity index (χ1n) is 6.91. The third kappa shape index (κ3) is 1.34. The van der Waals surface area contributed by atoms with Crippen LogP contribution in [-0.4, -0.2) is 22.9 Å². The number of allylic oxidation sites excluding steroid dienone is 1. The van der Waals surface area contributed by atoms with Gasteiger partial charge in [0.15, 0.2) is 0 Å². The van der Waals surface area contributed by atoms with Gasteiger partial charge in [0.1, 0.15) is 0 Å². The van der Waals surface area contributed by atoms with Crippen molar-refractivity contribution in [3.63, 3.8) is 0 Å². The lowest BCUT2D eigenvalue weighted by molar-refractivity contribution is 0.0337. The van der Waals surface area contributed by atoms with Gasteiger partial charge in [-0.15, -0.1) is 0 Å². The van der Waals surface area contributed by atoms with Crippen LogP contribution < -0.4 is 0 Å². The molecule has 3 aliphatic rings. The minimum atomic E-state index is -0.414. The van der Waals surface area contributed by atoms with Crippen LogP contribution in [0.5, 0.6) is 0 Å². The van der Waals surface area contributed by atoms with Crippen molar-refractivity contribution in [2.45, 2.75) is 52.6 Å². The van der Waals surface area contributed by atoms with E-state index < -0.39 is 6.10 Å². The van der Waals surface area contributed by atoms with Crippen molar-refractivity contribution in [2.24, 2.45) is 22.7 Å². The van der Waals surface area contributed by atoms with Crippen molar-refractivity contribution in [1.29, 1.82) is 0 Å². The van der Waals surface area contributed by atoms with Crippen molar-refractivity contribution in [1.82, 2.24) is 0 Å². The van der Waals surface area contributed by atoms with Gasteiger partial charge in [-0.2, -0.15) is 0 Å². The summed E-state index contributed by atoms with van der Waals surface area (Å²) in [6.07, 6.45) is 4.39. The smallest absolute Gasteiger partial charge is 0.0831 e. The van der Waals surface area contributed by atoms with Crippen molar-refractivity contribution in [2.75, 3.05) is 6.61 Å². The van der Waals surface area contributed by atoms with Crippen LogP contribution in [0.4, 0.5) is 0 Å². The molecule has 0 radical (unpaired) electrons. The molecule has 2 heteroatoms. The molecule has 1 unspecified atom stereocenters. The van der Waals surface area contributed by atoms with E-state index >= 15 is 0 Å². The molecule has 0 heterocycles. The lowest BCUT2D eigenvalue weighted by Crippen LogP contribution is -2.44. The first-order valence-corrected chi connectivity index (χ1v) is 6.91. The molecule has 0 amide bonds. The average Bonchev–Trinajstić information content (AvgIpc) is 2.49. The zero-order valence-corrected chi connectivity index (χ0v) is 11.2. The molecular weight excluding hydrogens is 212 g/mol. The zero-order chi connectivity index (χ0) is 12.4. The van der Waals surface area contributed by atoms with E-state index in [9.17, 15) is 10.2 Å². The van der Waals surface area contributed by atoms with Crippen molar-refractivity contribution in [3.05, 3.63) is 11.1 Å². The summed E-state index contributed by atoms with van der Waals surface area (Å²) in [5.74, 6) is 1.22. The largest absolute Gasteiger partial charge is 0.396 e. The van der Waals surface area contributed by atoms with Gasteiger partial charge in [-0.25, -0.2) is 0 Å². The second kappa shape index (κ2) is 3.36. The van der Waals surface area contributed by atoms with Gasteiger partial charge in [0, 0.05) is 5.41 Å². The van der Waals surface area contributed by atoms with E-state index in [4.69, 9.17) is 0 Å². The highest BCUT2D eigenvalue weighted by Crippen LogP contribution is 2.63. The SMILES string of the molecule is CC1=C2[C@H](C[C@]3(C)CCC13)C[C@](C)(CO)[C@@H]2O. The number of rotatable bonds is 1. The summed E-state index contributed by atoms with van der Waals surface area (Å²) in [5.41, 5.74) is 2.91. The van der Waals surface area contributed by atoms with E-state index in [-0.39, 0.29) is 12.0 Å². The monoisotopic (exact) mass is 236 g/mol. The Morgan fingerprint density at radius 1 is 1.29 bits per heavy atom. The highest BCUT2D eigenvalue weighted by Gasteiger charge is 2.56. The van der Waals surface area contributed by atoms with Gasteiger partial charge in [-0.1, -0.05) is 19.4 Å². The molecule has 2 saturated carbocycles. The number of fused-ring (bicyclic) bond motifs is 2. The molecular formula is C15H24O2. The van der Waals surface area contributed by atoms with Crippen LogP contribution in [0.1, 0.15) is 46.5 Å². The van der Waals surface area contributed by atoms with E-state index in [1.807, 2.05) is 6.92 Å². The summed E-state index contributed by atoms with van der Waals surface area (Å²) < 4.78 is 0. The Labute approximate surface area is 104 Å². The number of aliphatic hydroxyl groups excluding tert-OH is 2. The number of aliphatic hydroxyl groups is 2. The maximum Gasteiger partial charge on any atom is 0.0831 e. The summed E-state index contributed by atoms with van der Waals surface area (Å²) in [6.45, 7) is 6.75. The van der Waals surface area contributed by atoms with Gasteiger partial charge >= 0.3 is 0 Å². The molecule has 5 atom stereocenters. The highest BCUT2D eigenvalue weighted by molar-refractivity contribution is 5.35. The van der Waals surface area contributed by atoms with E-state index in [0.29, 0.717) is 17.3 Å². The van der Waals surface area contributed by atoms with Gasteiger partial charge < -0.3 is 10.2 Å². The lowest BCUT2D eigenvalue weighted by atomic mass is 9.51. The van der Waals surface area contributed by atoms with E-state index in [2.05, 4.69) is 13.8 Å². The minimum absolute atomic E-state index is 0.100. The third-order valence-corrected chi connectivity index (χ3v) is 6.00. The Morgan fingerprint density at radius 3 is 2.53 bits per heavy atom. The third-order valence-electron chi connectivity index (χ3n) is 6.00. The molecule has 3 aliphatic carbocycles. The lowest BCUT2D eigenvalue weighted by Gasteiger charge is -2.53. The highest BCUT2D eigenvalue weighted by atomic mass is 16.3. The van der Waals surface area contributed by atoms with E-state index in [1.54, 1.807) is 0 Å². The fourth-order valence-electron chi connectivity index (χ4n) is 4.78. The first-order chi connectivity index (χ1) is 7.91. The van der Waals surface area contributed by atoms with Crippen molar-refractivity contribution in [3.8, 4) is 0 Å². The number of hydrogen-bond donors (Lipinski definition) is 2. The molecule has 17 heavy (non-hydrogen) atoms. The molecule has 0 spiro atoms. The average molecular weight is 236 g/mol. The maximum absolute atomic E-state index is 10.5. The van der Waals surface area contributed by atoms with Gasteiger partial charge in [-0.3, -0.25) is 0 Å². The van der Waals surface area contributed by atoms with Crippen LogP contribution >= 0.6 is 0 Å². The standard InChI is InChI=1S/C15H24O2/c1-9-11-4-5-14(11,2)6-10-7-15(3,8-16)13(17)12(9)10/h10-11,13,16-17H,4-8H2,1-3H3/t10-,11?,13-,14+,15-/m1/s1. The summed E-state index contributed by atoms with van der Waals surface area (Å²) >= 11 is 0. The summed E-state index contributed by atoms with van der Waals surface area (Å²) in [5, 5.41) is 20.1. The number of hydrogen-bond acceptors (Lipinski definition) is 2. The van der Waals surface area contributed by atoms with Crippen molar-refractivity contribution >= 4 is 0 Å². The molecule has 2 nitrogen and oxygen atoms in total. The van der Waals surface area contributed by atoms with Crippen LogP contribution in [0.2, 0.25) is 0 Å². The molecule has 0 bridgehead atoms. The second-order valence-electron chi connectivity index (χ2n) is 7.20. The van der Waals surface area contributed by atoms with Gasteiger partial charge in [-0.05, 0) is 55.4 Å². The summed E-state index contributed by atoms with van der Waals surface area (Å²) in [4.78, 5) is 0. The van der Waals surface area contributed by atoms with Crippen LogP contribution in [-0.2, 0) is 0 Å². The molecule has 3 rings (SSSR count). The zero-order valence-electron chi connectivity index (χ0n) is 11.2. The molecule has 2 fully saturated rings. The predicted molar refractivity (Wildman–Crippen MR) is 67.5 cm³/mol. The molecule has 0 saturated heterocycles. The summed E-state index contributed by atoms with van der Waals surface area (Å²) in [6, 6.07) is 0. The van der Waals surface area contributed by atoms with Crippen LogP contribution in [0.15, 0.2) is 11.1 Å². The van der Waals surface area contributed by atoms with Crippen LogP contribution in [0.25, 0.3) is 0 Å². The van der Waals surface area contributed by atoms with Gasteiger partial charge in [0.05, 0.1) is 12.7 Å². The Bertz CT molecular complexity index is 386. The van der Waals surface area contributed by atoms with Crippen LogP contribution in [0, 0.1) is 22.7 Å². The quantitative estimate of drug-likeness (QED) is 0.687. The Balaban J connectivity index is 2.02. The molecule has 2 N–H and O–H groups in total. The first kappa shape index (κ1) is 11.7. The van der Waals surface area contributed by atoms with Crippen LogP contribution in [0.3, 0.4) is 0 Å². The van der Waals surface area contributed by atoms with Crippen molar-refractivity contribution < 1.29 is 10.2 Å². The molecule has 96 valence electrons. The van der Waals surface area contributed by atoms with E-state index in [1.165, 1.54) is 30.4 Å². The maximum atomic E-state index is 10.5.